The van der Waals surface area contributed by atoms with Crippen LogP contribution >= 0.6 is 0 Å². The Morgan fingerprint density at radius 1 is 1.35 bits per heavy atom. The summed E-state index contributed by atoms with van der Waals surface area (Å²) in [6, 6.07) is 4.75. The van der Waals surface area contributed by atoms with Gasteiger partial charge in [0.2, 0.25) is 11.8 Å². The summed E-state index contributed by atoms with van der Waals surface area (Å²) in [7, 11) is -0.691. The van der Waals surface area contributed by atoms with Gasteiger partial charge in [0.05, 0.1) is 31.9 Å². The number of nitrogens with zero attached hydrogens (tertiary/aromatic N) is 4. The van der Waals surface area contributed by atoms with Crippen molar-refractivity contribution in [3.63, 3.8) is 0 Å². The summed E-state index contributed by atoms with van der Waals surface area (Å²) in [5.41, 5.74) is 1.16. The number of nitrogens with one attached hydrogen (secondary N) is 1. The average molecular weight is 534 g/mol. The van der Waals surface area contributed by atoms with E-state index in [-0.39, 0.29) is 54.8 Å². The summed E-state index contributed by atoms with van der Waals surface area (Å²) < 4.78 is 35.4. The number of likely N-dealkylation sites (N-methyl/N-ethyl adjacent to an activating group) is 1. The van der Waals surface area contributed by atoms with E-state index in [0.717, 1.165) is 12.8 Å². The molecule has 2 aliphatic rings. The van der Waals surface area contributed by atoms with Gasteiger partial charge in [0.25, 0.3) is 10.0 Å². The maximum atomic E-state index is 13.3. The minimum atomic E-state index is -3.86. The van der Waals surface area contributed by atoms with Crippen LogP contribution < -0.4 is 10.1 Å². The highest BCUT2D eigenvalue weighted by molar-refractivity contribution is 7.89. The van der Waals surface area contributed by atoms with Gasteiger partial charge in [-0.25, -0.2) is 13.4 Å². The number of benzene rings is 1. The van der Waals surface area contributed by atoms with E-state index in [1.165, 1.54) is 23.9 Å². The number of imidazole rings is 1. The van der Waals surface area contributed by atoms with Crippen LogP contribution in [0.1, 0.15) is 32.3 Å². The highest BCUT2D eigenvalue weighted by Gasteiger charge is 2.34. The van der Waals surface area contributed by atoms with Crippen LogP contribution in [-0.4, -0.2) is 83.0 Å². The van der Waals surface area contributed by atoms with Gasteiger partial charge in [-0.05, 0) is 38.0 Å². The molecule has 1 aliphatic carbocycles. The zero-order valence-corrected chi connectivity index (χ0v) is 22.4. The van der Waals surface area contributed by atoms with Gasteiger partial charge in [-0.2, -0.15) is 4.31 Å². The fourth-order valence-electron chi connectivity index (χ4n) is 4.35. The van der Waals surface area contributed by atoms with E-state index in [9.17, 15) is 23.1 Å². The predicted octanol–water partition coefficient (Wildman–Crippen LogP) is 1.24. The highest BCUT2D eigenvalue weighted by Crippen LogP contribution is 2.32. The lowest BCUT2D eigenvalue weighted by molar-refractivity contribution is -0.134. The van der Waals surface area contributed by atoms with Crippen LogP contribution in [-0.2, 0) is 33.1 Å². The van der Waals surface area contributed by atoms with E-state index in [4.69, 9.17) is 4.74 Å². The molecule has 1 aliphatic heterocycles. The summed E-state index contributed by atoms with van der Waals surface area (Å²) in [6.07, 6.45) is 4.04. The number of ether oxygens (including phenoxy) is 1. The molecule has 2 heterocycles. The Morgan fingerprint density at radius 3 is 2.70 bits per heavy atom. The molecule has 3 atom stereocenters. The first-order chi connectivity index (χ1) is 17.5. The van der Waals surface area contributed by atoms with E-state index >= 15 is 0 Å². The largest absolute Gasteiger partial charge is 0.488 e. The lowest BCUT2D eigenvalue weighted by Gasteiger charge is -2.33. The molecule has 4 rings (SSSR count). The van der Waals surface area contributed by atoms with Crippen molar-refractivity contribution in [2.24, 2.45) is 18.9 Å². The van der Waals surface area contributed by atoms with Crippen molar-refractivity contribution in [1.29, 1.82) is 0 Å². The van der Waals surface area contributed by atoms with Crippen LogP contribution in [0.2, 0.25) is 0 Å². The molecule has 2 N–H and O–H groups in total. The van der Waals surface area contributed by atoms with Crippen molar-refractivity contribution in [2.45, 2.75) is 50.3 Å². The maximum absolute atomic E-state index is 13.3. The van der Waals surface area contributed by atoms with Gasteiger partial charge in [-0.15, -0.1) is 0 Å². The molecular formula is C25H35N5O6S. The first-order valence-electron chi connectivity index (χ1n) is 12.4. The quantitative estimate of drug-likeness (QED) is 0.521. The van der Waals surface area contributed by atoms with Gasteiger partial charge in [0.15, 0.2) is 5.03 Å². The number of fused-ring (bicyclic) bond motifs is 1. The second-order valence-corrected chi connectivity index (χ2v) is 12.1. The Balaban J connectivity index is 1.64. The number of anilines is 1. The number of carbonyl (C=O) groups is 2. The number of aliphatic hydroxyl groups is 1. The molecule has 37 heavy (non-hydrogen) atoms. The lowest BCUT2D eigenvalue weighted by atomic mass is 10.0. The topological polar surface area (TPSA) is 134 Å². The van der Waals surface area contributed by atoms with Gasteiger partial charge in [-0.1, -0.05) is 6.92 Å². The van der Waals surface area contributed by atoms with Crippen molar-refractivity contribution < 1.29 is 27.9 Å². The predicted molar refractivity (Wildman–Crippen MR) is 136 cm³/mol. The molecule has 1 aromatic carbocycles. The zero-order valence-electron chi connectivity index (χ0n) is 21.6. The molecule has 0 saturated heterocycles. The normalized spacial score (nSPS) is 21.5. The van der Waals surface area contributed by atoms with E-state index < -0.39 is 22.2 Å². The standard InChI is InChI=1S/C25H35N5O6S/c1-16-11-30(17(2)14-31)24(32)10-19-9-20(27-25(33)18-5-6-18)7-8-21(19)36-22(16)12-29(4)37(34,35)23-13-28(3)15-26-23/h7-9,13,15-18,22,31H,5-6,10-12,14H2,1-4H3,(H,27,33)/t16-,17+,22-/m1/s1. The van der Waals surface area contributed by atoms with Crippen molar-refractivity contribution in [3.05, 3.63) is 36.3 Å². The third-order valence-corrected chi connectivity index (χ3v) is 8.63. The number of aliphatic hydroxyl groups excluding tert-OH is 1. The number of sulfonamides is 1. The number of rotatable bonds is 8. The number of amides is 2. The molecule has 1 aromatic heterocycles. The molecular weight excluding hydrogens is 498 g/mol. The van der Waals surface area contributed by atoms with Gasteiger partial charge in [-0.3, -0.25) is 9.59 Å². The molecule has 11 nitrogen and oxygen atoms in total. The second-order valence-electron chi connectivity index (χ2n) is 10.1. The number of aromatic nitrogens is 2. The third-order valence-electron chi connectivity index (χ3n) is 6.93. The smallest absolute Gasteiger partial charge is 0.261 e. The van der Waals surface area contributed by atoms with E-state index in [2.05, 4.69) is 10.3 Å². The van der Waals surface area contributed by atoms with Crippen LogP contribution in [0.15, 0.2) is 35.7 Å². The minimum absolute atomic E-state index is 0.0221. The van der Waals surface area contributed by atoms with Crippen molar-refractivity contribution in [3.8, 4) is 5.75 Å². The molecule has 202 valence electrons. The SMILES string of the molecule is C[C@@H]1CN([C@@H](C)CO)C(=O)Cc2cc(NC(=O)C3CC3)ccc2O[C@@H]1CN(C)S(=O)(=O)c1cn(C)cn1. The summed E-state index contributed by atoms with van der Waals surface area (Å²) in [6.45, 7) is 3.76. The van der Waals surface area contributed by atoms with Crippen LogP contribution in [0.25, 0.3) is 0 Å². The molecule has 2 amide bonds. The molecule has 1 fully saturated rings. The van der Waals surface area contributed by atoms with Crippen molar-refractivity contribution in [1.82, 2.24) is 18.8 Å². The molecule has 0 unspecified atom stereocenters. The summed E-state index contributed by atoms with van der Waals surface area (Å²) in [4.78, 5) is 31.2. The zero-order chi connectivity index (χ0) is 26.9. The highest BCUT2D eigenvalue weighted by atomic mass is 32.2. The van der Waals surface area contributed by atoms with E-state index in [0.29, 0.717) is 17.0 Å². The first kappa shape index (κ1) is 27.1. The van der Waals surface area contributed by atoms with E-state index in [1.807, 2.05) is 6.92 Å². The Morgan fingerprint density at radius 2 is 2.08 bits per heavy atom. The number of aryl methyl sites for hydroxylation is 1. The van der Waals surface area contributed by atoms with Crippen LogP contribution in [0, 0.1) is 11.8 Å². The molecule has 0 bridgehead atoms. The molecule has 1 saturated carbocycles. The minimum Gasteiger partial charge on any atom is -0.488 e. The van der Waals surface area contributed by atoms with Gasteiger partial charge < -0.3 is 24.6 Å². The second kappa shape index (κ2) is 10.8. The van der Waals surface area contributed by atoms with Gasteiger partial charge >= 0.3 is 0 Å². The fraction of sp³-hybridized carbons (Fsp3) is 0.560. The van der Waals surface area contributed by atoms with Crippen molar-refractivity contribution in [2.75, 3.05) is 32.1 Å². The van der Waals surface area contributed by atoms with Crippen LogP contribution in [0.4, 0.5) is 5.69 Å². The number of hydrogen-bond donors (Lipinski definition) is 2. The fourth-order valence-corrected chi connectivity index (χ4v) is 5.49. The number of carbonyl (C=O) groups excluding carboxylic acids is 2. The maximum Gasteiger partial charge on any atom is 0.261 e. The Hall–Kier alpha value is -2.96. The van der Waals surface area contributed by atoms with Gasteiger partial charge in [0.1, 0.15) is 11.9 Å². The van der Waals surface area contributed by atoms with Gasteiger partial charge in [0, 0.05) is 49.9 Å². The van der Waals surface area contributed by atoms with Crippen molar-refractivity contribution >= 4 is 27.5 Å². The Bertz CT molecular complexity index is 1260. The number of hydrogen-bond acceptors (Lipinski definition) is 7. The summed E-state index contributed by atoms with van der Waals surface area (Å²) in [5, 5.41) is 12.6. The molecule has 2 aromatic rings. The first-order valence-corrected chi connectivity index (χ1v) is 13.9. The summed E-state index contributed by atoms with van der Waals surface area (Å²) >= 11 is 0. The monoisotopic (exact) mass is 533 g/mol. The Labute approximate surface area is 217 Å². The Kier molecular flexibility index (Phi) is 7.91. The van der Waals surface area contributed by atoms with E-state index in [1.54, 1.807) is 41.6 Å². The third kappa shape index (κ3) is 6.13. The van der Waals surface area contributed by atoms with Crippen LogP contribution in [0.3, 0.4) is 0 Å². The lowest BCUT2D eigenvalue weighted by Crippen LogP contribution is -2.48. The molecule has 0 radical (unpaired) electrons. The molecule has 12 heteroatoms. The molecule has 0 spiro atoms. The summed E-state index contributed by atoms with van der Waals surface area (Å²) in [5.74, 6) is -0.000217. The van der Waals surface area contributed by atoms with Crippen LogP contribution in [0.5, 0.6) is 5.75 Å². The average Bonchev–Trinajstić information content (AvgIpc) is 3.61.